The van der Waals surface area contributed by atoms with Crippen molar-refractivity contribution in [3.63, 3.8) is 0 Å². The van der Waals surface area contributed by atoms with Crippen molar-refractivity contribution >= 4 is 39.9 Å². The van der Waals surface area contributed by atoms with Gasteiger partial charge in [0.25, 0.3) is 0 Å². The van der Waals surface area contributed by atoms with Crippen LogP contribution in [0.4, 0.5) is 5.95 Å². The fraction of sp³-hybridized carbons (Fsp3) is 0.333. The second-order valence-electron chi connectivity index (χ2n) is 4.14. The minimum Gasteiger partial charge on any atom is -0.333 e. The lowest BCUT2D eigenvalue weighted by Crippen LogP contribution is -2.26. The van der Waals surface area contributed by atoms with Gasteiger partial charge in [-0.3, -0.25) is 0 Å². The molecule has 1 fully saturated rings. The van der Waals surface area contributed by atoms with Crippen LogP contribution in [0.25, 0.3) is 0 Å². The summed E-state index contributed by atoms with van der Waals surface area (Å²) < 4.78 is 1.08. The van der Waals surface area contributed by atoms with Gasteiger partial charge >= 0.3 is 0 Å². The Bertz CT molecular complexity index is 479. The van der Waals surface area contributed by atoms with Gasteiger partial charge in [-0.2, -0.15) is 0 Å². The first kappa shape index (κ1) is 11.4. The summed E-state index contributed by atoms with van der Waals surface area (Å²) >= 11 is 4.03. The number of aromatic nitrogens is 2. The SMILES string of the molecule is Ic1cnc(N(Cc2cccs2)C2CC2)nc1. The molecule has 2 heterocycles. The van der Waals surface area contributed by atoms with E-state index in [1.807, 2.05) is 12.4 Å². The molecule has 17 heavy (non-hydrogen) atoms. The van der Waals surface area contributed by atoms with Gasteiger partial charge in [0, 0.05) is 26.9 Å². The monoisotopic (exact) mass is 357 g/mol. The van der Waals surface area contributed by atoms with E-state index in [0.717, 1.165) is 16.1 Å². The molecule has 1 aliphatic carbocycles. The minimum atomic E-state index is 0.636. The first-order valence-corrected chi connectivity index (χ1v) is 7.55. The Morgan fingerprint density at radius 3 is 2.71 bits per heavy atom. The van der Waals surface area contributed by atoms with Gasteiger partial charge in [-0.1, -0.05) is 6.07 Å². The number of anilines is 1. The summed E-state index contributed by atoms with van der Waals surface area (Å²) in [7, 11) is 0. The number of nitrogens with zero attached hydrogens (tertiary/aromatic N) is 3. The Morgan fingerprint density at radius 2 is 2.12 bits per heavy atom. The molecule has 3 rings (SSSR count). The summed E-state index contributed by atoms with van der Waals surface area (Å²) in [6.07, 6.45) is 6.29. The van der Waals surface area contributed by atoms with E-state index in [2.05, 4.69) is 55.0 Å². The smallest absolute Gasteiger partial charge is 0.225 e. The summed E-state index contributed by atoms with van der Waals surface area (Å²) in [6.45, 7) is 0.933. The maximum atomic E-state index is 4.43. The lowest BCUT2D eigenvalue weighted by Gasteiger charge is -2.21. The maximum Gasteiger partial charge on any atom is 0.225 e. The predicted octanol–water partition coefficient (Wildman–Crippen LogP) is 3.31. The highest BCUT2D eigenvalue weighted by Gasteiger charge is 2.30. The molecule has 1 saturated carbocycles. The Labute approximate surface area is 118 Å². The first-order chi connectivity index (χ1) is 8.33. The van der Waals surface area contributed by atoms with Crippen LogP contribution in [0.1, 0.15) is 17.7 Å². The lowest BCUT2D eigenvalue weighted by atomic mass is 10.4. The van der Waals surface area contributed by atoms with Crippen molar-refractivity contribution in [1.29, 1.82) is 0 Å². The van der Waals surface area contributed by atoms with Gasteiger partial charge in [-0.15, -0.1) is 11.3 Å². The molecule has 0 aromatic carbocycles. The van der Waals surface area contributed by atoms with Gasteiger partial charge in [-0.05, 0) is 46.9 Å². The normalized spacial score (nSPS) is 14.9. The van der Waals surface area contributed by atoms with E-state index < -0.39 is 0 Å². The van der Waals surface area contributed by atoms with E-state index >= 15 is 0 Å². The van der Waals surface area contributed by atoms with Gasteiger partial charge in [0.1, 0.15) is 0 Å². The third-order valence-corrected chi connectivity index (χ3v) is 4.18. The Hall–Kier alpha value is -0.690. The van der Waals surface area contributed by atoms with Crippen LogP contribution in [0.2, 0.25) is 0 Å². The van der Waals surface area contributed by atoms with E-state index in [1.54, 1.807) is 11.3 Å². The summed E-state index contributed by atoms with van der Waals surface area (Å²) in [5.41, 5.74) is 0. The molecule has 0 atom stereocenters. The van der Waals surface area contributed by atoms with Crippen molar-refractivity contribution < 1.29 is 0 Å². The van der Waals surface area contributed by atoms with Gasteiger partial charge in [0.15, 0.2) is 0 Å². The van der Waals surface area contributed by atoms with E-state index in [1.165, 1.54) is 17.7 Å². The lowest BCUT2D eigenvalue weighted by molar-refractivity contribution is 0.765. The summed E-state index contributed by atoms with van der Waals surface area (Å²) in [4.78, 5) is 12.6. The van der Waals surface area contributed by atoms with Crippen molar-refractivity contribution in [2.75, 3.05) is 4.90 Å². The predicted molar refractivity (Wildman–Crippen MR) is 78.3 cm³/mol. The van der Waals surface area contributed by atoms with Crippen LogP contribution in [-0.2, 0) is 6.54 Å². The summed E-state index contributed by atoms with van der Waals surface area (Å²) in [5, 5.41) is 2.12. The van der Waals surface area contributed by atoms with Gasteiger partial charge in [0.2, 0.25) is 5.95 Å². The molecule has 0 amide bonds. The quantitative estimate of drug-likeness (QED) is 0.787. The molecule has 3 nitrogen and oxygen atoms in total. The number of rotatable bonds is 4. The van der Waals surface area contributed by atoms with Crippen LogP contribution in [0.5, 0.6) is 0 Å². The minimum absolute atomic E-state index is 0.636. The van der Waals surface area contributed by atoms with Crippen molar-refractivity contribution in [2.45, 2.75) is 25.4 Å². The Balaban J connectivity index is 1.82. The molecular weight excluding hydrogens is 345 g/mol. The van der Waals surface area contributed by atoms with Crippen LogP contribution >= 0.6 is 33.9 Å². The average Bonchev–Trinajstić information content (AvgIpc) is 3.05. The molecule has 0 aliphatic heterocycles. The van der Waals surface area contributed by atoms with Crippen LogP contribution in [-0.4, -0.2) is 16.0 Å². The molecule has 0 radical (unpaired) electrons. The van der Waals surface area contributed by atoms with Crippen molar-refractivity contribution in [1.82, 2.24) is 9.97 Å². The number of thiophene rings is 1. The Morgan fingerprint density at radius 1 is 1.35 bits per heavy atom. The fourth-order valence-electron chi connectivity index (χ4n) is 1.77. The van der Waals surface area contributed by atoms with Crippen LogP contribution in [0.3, 0.4) is 0 Å². The summed E-state index contributed by atoms with van der Waals surface area (Å²) in [6, 6.07) is 4.91. The molecule has 0 spiro atoms. The average molecular weight is 357 g/mol. The zero-order valence-electron chi connectivity index (χ0n) is 9.21. The van der Waals surface area contributed by atoms with Gasteiger partial charge in [-0.25, -0.2) is 9.97 Å². The number of hydrogen-bond acceptors (Lipinski definition) is 4. The molecule has 2 aromatic rings. The highest BCUT2D eigenvalue weighted by atomic mass is 127. The van der Waals surface area contributed by atoms with E-state index in [9.17, 15) is 0 Å². The molecule has 0 unspecified atom stereocenters. The first-order valence-electron chi connectivity index (χ1n) is 5.59. The zero-order valence-corrected chi connectivity index (χ0v) is 12.2. The fourth-order valence-corrected chi connectivity index (χ4v) is 2.75. The second-order valence-corrected chi connectivity index (χ2v) is 6.42. The highest BCUT2D eigenvalue weighted by molar-refractivity contribution is 14.1. The summed E-state index contributed by atoms with van der Waals surface area (Å²) in [5.74, 6) is 0.862. The molecule has 0 saturated heterocycles. The van der Waals surface area contributed by atoms with E-state index in [-0.39, 0.29) is 0 Å². The van der Waals surface area contributed by atoms with Crippen molar-refractivity contribution in [3.05, 3.63) is 38.4 Å². The van der Waals surface area contributed by atoms with Gasteiger partial charge < -0.3 is 4.90 Å². The van der Waals surface area contributed by atoms with Crippen LogP contribution in [0.15, 0.2) is 29.9 Å². The number of halogens is 1. The van der Waals surface area contributed by atoms with Gasteiger partial charge in [0.05, 0.1) is 6.54 Å². The van der Waals surface area contributed by atoms with E-state index in [4.69, 9.17) is 0 Å². The highest BCUT2D eigenvalue weighted by Crippen LogP contribution is 2.31. The standard InChI is InChI=1S/C12H12IN3S/c13-9-6-14-12(15-7-9)16(10-3-4-10)8-11-2-1-5-17-11/h1-2,5-7,10H,3-4,8H2. The molecule has 1 aliphatic rings. The number of hydrogen-bond donors (Lipinski definition) is 0. The molecular formula is C12H12IN3S. The van der Waals surface area contributed by atoms with Crippen LogP contribution < -0.4 is 4.90 Å². The third-order valence-electron chi connectivity index (χ3n) is 2.76. The zero-order chi connectivity index (χ0) is 11.7. The second kappa shape index (κ2) is 4.89. The molecule has 2 aromatic heterocycles. The molecule has 0 bridgehead atoms. The Kier molecular flexibility index (Phi) is 3.28. The molecule has 5 heteroatoms. The molecule has 0 N–H and O–H groups in total. The van der Waals surface area contributed by atoms with E-state index in [0.29, 0.717) is 6.04 Å². The topological polar surface area (TPSA) is 29.0 Å². The maximum absolute atomic E-state index is 4.43. The van der Waals surface area contributed by atoms with Crippen LogP contribution in [0, 0.1) is 3.57 Å². The third kappa shape index (κ3) is 2.77. The van der Waals surface area contributed by atoms with Crippen molar-refractivity contribution in [3.8, 4) is 0 Å². The largest absolute Gasteiger partial charge is 0.333 e. The van der Waals surface area contributed by atoms with Crippen molar-refractivity contribution in [2.24, 2.45) is 0 Å². The molecule has 88 valence electrons.